The molecule has 0 fully saturated rings. The lowest BCUT2D eigenvalue weighted by molar-refractivity contribution is -0.117. The van der Waals surface area contributed by atoms with Gasteiger partial charge in [-0.15, -0.1) is 0 Å². The largest absolute Gasteiger partial charge is 0.370 e. The lowest BCUT2D eigenvalue weighted by atomic mass is 10.2. The molecule has 0 bridgehead atoms. The lowest BCUT2D eigenvalue weighted by Crippen LogP contribution is -2.10. The van der Waals surface area contributed by atoms with Gasteiger partial charge in [-0.05, 0) is 12.1 Å². The first-order valence-electron chi connectivity index (χ1n) is 4.17. The predicted molar refractivity (Wildman–Crippen MR) is 54.6 cm³/mol. The number of nitrogens with zero attached hydrogens (tertiary/aromatic N) is 1. The second-order valence-corrected chi connectivity index (χ2v) is 5.08. The molecule has 1 aromatic heterocycles. The molecule has 81 valence electrons. The van der Waals surface area contributed by atoms with E-state index in [4.69, 9.17) is 5.73 Å². The average Bonchev–Trinajstić information content (AvgIpc) is 2.14. The van der Waals surface area contributed by atoms with Gasteiger partial charge < -0.3 is 5.73 Å². The Morgan fingerprint density at radius 3 is 2.80 bits per heavy atom. The SMILES string of the molecule is CS(=O)(=O)c1ccnc([CH]CC(N)=O)c1. The predicted octanol–water partition coefficient (Wildman–Crippen LogP) is -0.0871. The summed E-state index contributed by atoms with van der Waals surface area (Å²) < 4.78 is 22.4. The quantitative estimate of drug-likeness (QED) is 0.778. The molecule has 1 amide bonds. The Balaban J connectivity index is 2.89. The Kier molecular flexibility index (Phi) is 3.41. The average molecular weight is 227 g/mol. The van der Waals surface area contributed by atoms with Crippen LogP contribution in [-0.4, -0.2) is 25.6 Å². The molecule has 0 atom stereocenters. The van der Waals surface area contributed by atoms with Crippen LogP contribution in [0.2, 0.25) is 0 Å². The van der Waals surface area contributed by atoms with Crippen molar-refractivity contribution < 1.29 is 13.2 Å². The van der Waals surface area contributed by atoms with E-state index in [1.165, 1.54) is 24.8 Å². The molecular formula is C9H11N2O3S. The van der Waals surface area contributed by atoms with E-state index in [0.29, 0.717) is 5.69 Å². The fourth-order valence-corrected chi connectivity index (χ4v) is 1.62. The smallest absolute Gasteiger partial charge is 0.218 e. The van der Waals surface area contributed by atoms with E-state index in [1.54, 1.807) is 0 Å². The highest BCUT2D eigenvalue weighted by Crippen LogP contribution is 2.11. The Hall–Kier alpha value is -1.43. The first-order valence-corrected chi connectivity index (χ1v) is 6.06. The van der Waals surface area contributed by atoms with E-state index in [-0.39, 0.29) is 11.3 Å². The van der Waals surface area contributed by atoms with Crippen molar-refractivity contribution >= 4 is 15.7 Å². The Labute approximate surface area is 88.2 Å². The minimum Gasteiger partial charge on any atom is -0.370 e. The molecule has 1 aromatic rings. The minimum absolute atomic E-state index is 0.0419. The second kappa shape index (κ2) is 4.39. The maximum Gasteiger partial charge on any atom is 0.218 e. The Bertz CT molecular complexity index is 468. The van der Waals surface area contributed by atoms with Crippen LogP contribution in [0.25, 0.3) is 0 Å². The molecule has 0 aliphatic carbocycles. The van der Waals surface area contributed by atoms with Gasteiger partial charge in [0.2, 0.25) is 5.91 Å². The van der Waals surface area contributed by atoms with Crippen LogP contribution >= 0.6 is 0 Å². The van der Waals surface area contributed by atoms with Crippen molar-refractivity contribution in [2.24, 2.45) is 5.73 Å². The monoisotopic (exact) mass is 227 g/mol. The van der Waals surface area contributed by atoms with Crippen molar-refractivity contribution in [2.45, 2.75) is 11.3 Å². The van der Waals surface area contributed by atoms with Crippen molar-refractivity contribution in [3.63, 3.8) is 0 Å². The van der Waals surface area contributed by atoms with E-state index in [1.807, 2.05) is 0 Å². The number of sulfone groups is 1. The summed E-state index contributed by atoms with van der Waals surface area (Å²) in [5, 5.41) is 0. The third kappa shape index (κ3) is 3.67. The molecule has 1 radical (unpaired) electrons. The number of aromatic nitrogens is 1. The first kappa shape index (κ1) is 11.6. The van der Waals surface area contributed by atoms with E-state index in [0.717, 1.165) is 6.26 Å². The maximum absolute atomic E-state index is 11.2. The molecule has 0 spiro atoms. The fourth-order valence-electron chi connectivity index (χ4n) is 0.975. The van der Waals surface area contributed by atoms with Crippen molar-refractivity contribution in [3.05, 3.63) is 30.4 Å². The van der Waals surface area contributed by atoms with Crippen LogP contribution in [0.4, 0.5) is 0 Å². The van der Waals surface area contributed by atoms with Crippen LogP contribution in [0, 0.1) is 6.42 Å². The fraction of sp³-hybridized carbons (Fsp3) is 0.222. The number of hydrogen-bond acceptors (Lipinski definition) is 4. The van der Waals surface area contributed by atoms with E-state index >= 15 is 0 Å². The number of hydrogen-bond donors (Lipinski definition) is 1. The van der Waals surface area contributed by atoms with Gasteiger partial charge in [0.1, 0.15) is 0 Å². The van der Waals surface area contributed by atoms with Crippen LogP contribution < -0.4 is 5.73 Å². The Morgan fingerprint density at radius 2 is 2.27 bits per heavy atom. The highest BCUT2D eigenvalue weighted by molar-refractivity contribution is 7.90. The first-order chi connectivity index (χ1) is 6.89. The zero-order valence-corrected chi connectivity index (χ0v) is 8.99. The summed E-state index contributed by atoms with van der Waals surface area (Å²) in [6, 6.07) is 2.80. The highest BCUT2D eigenvalue weighted by Gasteiger charge is 2.08. The van der Waals surface area contributed by atoms with Crippen LogP contribution in [0.1, 0.15) is 12.1 Å². The van der Waals surface area contributed by atoms with Crippen molar-refractivity contribution in [2.75, 3.05) is 6.26 Å². The zero-order valence-electron chi connectivity index (χ0n) is 8.17. The van der Waals surface area contributed by atoms with Gasteiger partial charge in [-0.1, -0.05) is 0 Å². The van der Waals surface area contributed by atoms with Crippen molar-refractivity contribution in [3.8, 4) is 0 Å². The van der Waals surface area contributed by atoms with Crippen molar-refractivity contribution in [1.82, 2.24) is 4.98 Å². The summed E-state index contributed by atoms with van der Waals surface area (Å²) in [4.78, 5) is 14.6. The standard InChI is InChI=1S/C9H11N2O3S/c1-15(13,14)8-4-5-11-7(6-8)2-3-9(10)12/h2,4-6H,3H2,1H3,(H2,10,12). The summed E-state index contributed by atoms with van der Waals surface area (Å²) in [7, 11) is -3.24. The molecule has 1 heterocycles. The van der Waals surface area contributed by atoms with Gasteiger partial charge >= 0.3 is 0 Å². The normalized spacial score (nSPS) is 11.3. The number of carbonyl (C=O) groups is 1. The van der Waals surface area contributed by atoms with E-state index in [2.05, 4.69) is 4.98 Å². The maximum atomic E-state index is 11.2. The summed E-state index contributed by atoms with van der Waals surface area (Å²) in [5.41, 5.74) is 5.38. The zero-order chi connectivity index (χ0) is 11.5. The molecule has 0 aliphatic rings. The van der Waals surface area contributed by atoms with E-state index < -0.39 is 15.7 Å². The van der Waals surface area contributed by atoms with Gasteiger partial charge in [-0.25, -0.2) is 8.42 Å². The molecule has 15 heavy (non-hydrogen) atoms. The molecule has 2 N–H and O–H groups in total. The van der Waals surface area contributed by atoms with Gasteiger partial charge in [0.15, 0.2) is 9.84 Å². The number of rotatable bonds is 4. The number of pyridine rings is 1. The number of primary amides is 1. The minimum atomic E-state index is -3.24. The van der Waals surface area contributed by atoms with Crippen LogP contribution in [0.5, 0.6) is 0 Å². The van der Waals surface area contributed by atoms with Gasteiger partial charge in [0.25, 0.3) is 0 Å². The topological polar surface area (TPSA) is 90.1 Å². The van der Waals surface area contributed by atoms with E-state index in [9.17, 15) is 13.2 Å². The van der Waals surface area contributed by atoms with Crippen LogP contribution in [0.15, 0.2) is 23.2 Å². The molecule has 0 unspecified atom stereocenters. The van der Waals surface area contributed by atoms with Crippen LogP contribution in [-0.2, 0) is 14.6 Å². The third-order valence-electron chi connectivity index (χ3n) is 1.69. The number of nitrogens with two attached hydrogens (primary N) is 1. The molecule has 0 aliphatic heterocycles. The van der Waals surface area contributed by atoms with Gasteiger partial charge in [-0.2, -0.15) is 0 Å². The van der Waals surface area contributed by atoms with Crippen molar-refractivity contribution in [1.29, 1.82) is 0 Å². The molecule has 0 saturated heterocycles. The summed E-state index contributed by atoms with van der Waals surface area (Å²) in [5.74, 6) is -0.485. The summed E-state index contributed by atoms with van der Waals surface area (Å²) in [6.07, 6.45) is 4.01. The van der Waals surface area contributed by atoms with Gasteiger partial charge in [0.05, 0.1) is 4.90 Å². The number of carbonyl (C=O) groups excluding carboxylic acids is 1. The van der Waals surface area contributed by atoms with Gasteiger partial charge in [0, 0.05) is 31.0 Å². The Morgan fingerprint density at radius 1 is 1.60 bits per heavy atom. The molecule has 0 aromatic carbocycles. The number of amides is 1. The molecule has 1 rings (SSSR count). The molecule has 5 nitrogen and oxygen atoms in total. The summed E-state index contributed by atoms with van der Waals surface area (Å²) in [6.45, 7) is 0. The third-order valence-corrected chi connectivity index (χ3v) is 2.80. The lowest BCUT2D eigenvalue weighted by Gasteiger charge is -2.01. The molecule has 0 saturated carbocycles. The molecule has 6 heteroatoms. The second-order valence-electron chi connectivity index (χ2n) is 3.06. The van der Waals surface area contributed by atoms with Crippen LogP contribution in [0.3, 0.4) is 0 Å². The highest BCUT2D eigenvalue weighted by atomic mass is 32.2. The van der Waals surface area contributed by atoms with Gasteiger partial charge in [-0.3, -0.25) is 9.78 Å². The molecular weight excluding hydrogens is 216 g/mol. The summed E-state index contributed by atoms with van der Waals surface area (Å²) >= 11 is 0.